The standard InChI is InChI=1S/C24H26FN3O2S/c1-31(30)21-6-4-17(5-7-21)18-2-3-19(22(25)13-18)12-20(14-26)28-23(29)24-10-8-16(9-11-24)15-27-24/h2-7,13,16,20,27H,8-12,15H2,1H3,(H,28,29)/t16?,20-,24?,31?/m0/s1. The number of nitrogens with one attached hydrogen (secondary N) is 2. The first-order valence-corrected chi connectivity index (χ1v) is 12.1. The molecule has 2 saturated heterocycles. The molecule has 2 N–H and O–H groups in total. The maximum absolute atomic E-state index is 14.8. The maximum atomic E-state index is 14.8. The van der Waals surface area contributed by atoms with Crippen LogP contribution in [0, 0.1) is 23.1 Å². The summed E-state index contributed by atoms with van der Waals surface area (Å²) in [5.41, 5.74) is 1.33. The van der Waals surface area contributed by atoms with Gasteiger partial charge in [0.1, 0.15) is 11.9 Å². The third-order valence-corrected chi connectivity index (χ3v) is 7.52. The molecule has 2 bridgehead atoms. The third-order valence-electron chi connectivity index (χ3n) is 6.58. The first-order valence-electron chi connectivity index (χ1n) is 10.6. The van der Waals surface area contributed by atoms with E-state index in [4.69, 9.17) is 0 Å². The number of hydrogen-bond donors (Lipinski definition) is 2. The van der Waals surface area contributed by atoms with Crippen LogP contribution in [0.5, 0.6) is 0 Å². The average molecular weight is 440 g/mol. The van der Waals surface area contributed by atoms with Gasteiger partial charge >= 0.3 is 0 Å². The lowest BCUT2D eigenvalue weighted by atomic mass is 9.71. The Bertz CT molecular complexity index is 1030. The van der Waals surface area contributed by atoms with Gasteiger partial charge in [-0.1, -0.05) is 24.3 Å². The van der Waals surface area contributed by atoms with E-state index >= 15 is 0 Å². The molecule has 1 aliphatic carbocycles. The van der Waals surface area contributed by atoms with Crippen molar-refractivity contribution >= 4 is 16.7 Å². The normalized spacial score (nSPS) is 24.2. The van der Waals surface area contributed by atoms with Gasteiger partial charge in [-0.15, -0.1) is 0 Å². The van der Waals surface area contributed by atoms with Crippen LogP contribution in [0.15, 0.2) is 47.4 Å². The van der Waals surface area contributed by atoms with Crippen molar-refractivity contribution < 1.29 is 13.4 Å². The predicted molar refractivity (Wildman–Crippen MR) is 118 cm³/mol. The molecule has 2 aromatic rings. The molecule has 5 rings (SSSR count). The average Bonchev–Trinajstić information content (AvgIpc) is 2.81. The molecule has 31 heavy (non-hydrogen) atoms. The van der Waals surface area contributed by atoms with Crippen molar-refractivity contribution in [2.24, 2.45) is 5.92 Å². The van der Waals surface area contributed by atoms with Gasteiger partial charge in [0, 0.05) is 28.4 Å². The lowest BCUT2D eigenvalue weighted by molar-refractivity contribution is -0.131. The van der Waals surface area contributed by atoms with Crippen molar-refractivity contribution in [2.45, 2.75) is 48.6 Å². The van der Waals surface area contributed by atoms with Crippen LogP contribution in [-0.2, 0) is 22.0 Å². The molecule has 0 aromatic heterocycles. The summed E-state index contributed by atoms with van der Waals surface area (Å²) in [7, 11) is -1.06. The van der Waals surface area contributed by atoms with Crippen LogP contribution in [0.4, 0.5) is 4.39 Å². The Morgan fingerprint density at radius 3 is 2.48 bits per heavy atom. The van der Waals surface area contributed by atoms with E-state index in [1.54, 1.807) is 30.5 Å². The molecule has 2 atom stereocenters. The number of nitrogens with zero attached hydrogens (tertiary/aromatic N) is 1. The number of carbonyl (C=O) groups excluding carboxylic acids is 1. The highest BCUT2D eigenvalue weighted by molar-refractivity contribution is 7.84. The maximum Gasteiger partial charge on any atom is 0.241 e. The topological polar surface area (TPSA) is 82.0 Å². The van der Waals surface area contributed by atoms with E-state index in [1.165, 1.54) is 6.07 Å². The van der Waals surface area contributed by atoms with Crippen LogP contribution in [0.3, 0.4) is 0 Å². The number of rotatable bonds is 6. The second-order valence-electron chi connectivity index (χ2n) is 8.55. The molecule has 1 amide bonds. The Morgan fingerprint density at radius 1 is 1.26 bits per heavy atom. The summed E-state index contributed by atoms with van der Waals surface area (Å²) in [6.45, 7) is 0.843. The fourth-order valence-electron chi connectivity index (χ4n) is 4.58. The molecular weight excluding hydrogens is 413 g/mol. The van der Waals surface area contributed by atoms with Gasteiger partial charge in [0.05, 0.1) is 11.6 Å². The largest absolute Gasteiger partial charge is 0.338 e. The zero-order valence-electron chi connectivity index (χ0n) is 17.5. The fraction of sp³-hybridized carbons (Fsp3) is 0.417. The molecule has 3 fully saturated rings. The number of amides is 1. The highest BCUT2D eigenvalue weighted by Gasteiger charge is 2.46. The van der Waals surface area contributed by atoms with Crippen molar-refractivity contribution in [3.8, 4) is 17.2 Å². The van der Waals surface area contributed by atoms with Gasteiger partial charge < -0.3 is 10.6 Å². The number of hydrogen-bond acceptors (Lipinski definition) is 4. The summed E-state index contributed by atoms with van der Waals surface area (Å²) in [5.74, 6) is 0.0848. The van der Waals surface area contributed by atoms with Crippen molar-refractivity contribution in [1.82, 2.24) is 10.6 Å². The number of carbonyl (C=O) groups is 1. The molecular formula is C24H26FN3O2S. The van der Waals surface area contributed by atoms with Gasteiger partial charge in [0.15, 0.2) is 0 Å². The molecule has 2 heterocycles. The van der Waals surface area contributed by atoms with Crippen LogP contribution < -0.4 is 10.6 Å². The van der Waals surface area contributed by atoms with Crippen molar-refractivity contribution in [1.29, 1.82) is 5.26 Å². The minimum absolute atomic E-state index is 0.112. The first kappa shape index (κ1) is 21.7. The highest BCUT2D eigenvalue weighted by atomic mass is 32.2. The second kappa shape index (κ2) is 8.89. The Labute approximate surface area is 184 Å². The monoisotopic (exact) mass is 439 g/mol. The van der Waals surface area contributed by atoms with Gasteiger partial charge in [0.25, 0.3) is 0 Å². The van der Waals surface area contributed by atoms with Crippen LogP contribution in [0.25, 0.3) is 11.1 Å². The van der Waals surface area contributed by atoms with Crippen molar-refractivity contribution in [3.05, 3.63) is 53.8 Å². The van der Waals surface area contributed by atoms with Crippen LogP contribution in [-0.4, -0.2) is 34.5 Å². The Balaban J connectivity index is 1.44. The summed E-state index contributed by atoms with van der Waals surface area (Å²) in [5, 5.41) is 15.8. The van der Waals surface area contributed by atoms with E-state index in [9.17, 15) is 18.7 Å². The van der Waals surface area contributed by atoms with Crippen LogP contribution in [0.1, 0.15) is 31.2 Å². The van der Waals surface area contributed by atoms with E-state index in [1.807, 2.05) is 12.1 Å². The quantitative estimate of drug-likeness (QED) is 0.724. The number of benzene rings is 2. The Kier molecular flexibility index (Phi) is 6.22. The molecule has 5 nitrogen and oxygen atoms in total. The SMILES string of the molecule is CS(=O)c1ccc(-c2ccc(C[C@@H](C#N)NC(=O)C34CCC(CC3)CN4)c(F)c2)cc1. The van der Waals surface area contributed by atoms with Gasteiger partial charge in [-0.2, -0.15) is 5.26 Å². The minimum atomic E-state index is -1.06. The summed E-state index contributed by atoms with van der Waals surface area (Å²) < 4.78 is 26.3. The van der Waals surface area contributed by atoms with Gasteiger partial charge in [0.2, 0.25) is 5.91 Å². The number of halogens is 1. The molecule has 7 heteroatoms. The van der Waals surface area contributed by atoms with Crippen molar-refractivity contribution in [2.75, 3.05) is 12.8 Å². The molecule has 1 saturated carbocycles. The summed E-state index contributed by atoms with van der Waals surface area (Å²) >= 11 is 0. The van der Waals surface area contributed by atoms with E-state index in [0.29, 0.717) is 21.9 Å². The second-order valence-corrected chi connectivity index (χ2v) is 9.93. The van der Waals surface area contributed by atoms with Crippen LogP contribution >= 0.6 is 0 Å². The summed E-state index contributed by atoms with van der Waals surface area (Å²) in [4.78, 5) is 13.6. The Morgan fingerprint density at radius 2 is 1.94 bits per heavy atom. The van der Waals surface area contributed by atoms with Crippen molar-refractivity contribution in [3.63, 3.8) is 0 Å². The molecule has 0 spiro atoms. The molecule has 2 aliphatic heterocycles. The van der Waals surface area contributed by atoms with E-state index in [0.717, 1.165) is 37.8 Å². The molecule has 0 radical (unpaired) electrons. The lowest BCUT2D eigenvalue weighted by Crippen LogP contribution is -2.64. The van der Waals surface area contributed by atoms with Gasteiger partial charge in [-0.3, -0.25) is 9.00 Å². The summed E-state index contributed by atoms with van der Waals surface area (Å²) in [6, 6.07) is 13.4. The predicted octanol–water partition coefficient (Wildman–Crippen LogP) is 3.31. The molecule has 2 aromatic carbocycles. The fourth-order valence-corrected chi connectivity index (χ4v) is 5.09. The zero-order chi connectivity index (χ0) is 22.0. The molecule has 1 unspecified atom stereocenters. The van der Waals surface area contributed by atoms with Gasteiger partial charge in [-0.05, 0) is 73.0 Å². The van der Waals surface area contributed by atoms with E-state index in [-0.39, 0.29) is 12.3 Å². The van der Waals surface area contributed by atoms with Crippen LogP contribution in [0.2, 0.25) is 0 Å². The molecule has 3 aliphatic rings. The number of nitriles is 1. The van der Waals surface area contributed by atoms with E-state index < -0.39 is 28.2 Å². The minimum Gasteiger partial charge on any atom is -0.338 e. The molecule has 162 valence electrons. The number of piperidine rings is 2. The lowest BCUT2D eigenvalue weighted by Gasteiger charge is -2.46. The first-order chi connectivity index (χ1) is 14.9. The Hall–Kier alpha value is -2.56. The highest BCUT2D eigenvalue weighted by Crippen LogP contribution is 2.37. The zero-order valence-corrected chi connectivity index (χ0v) is 18.3. The third kappa shape index (κ3) is 4.56. The smallest absolute Gasteiger partial charge is 0.241 e. The summed E-state index contributed by atoms with van der Waals surface area (Å²) in [6.07, 6.45) is 5.36. The van der Waals surface area contributed by atoms with E-state index in [2.05, 4.69) is 16.7 Å². The van der Waals surface area contributed by atoms with Gasteiger partial charge in [-0.25, -0.2) is 4.39 Å². The number of fused-ring (bicyclic) bond motifs is 3.